The number of nitrogens with zero attached hydrogens (tertiary/aromatic N) is 1. The van der Waals surface area contributed by atoms with Gasteiger partial charge in [0.2, 0.25) is 0 Å². The molecule has 0 aromatic carbocycles. The minimum atomic E-state index is 0. The molecule has 0 radical (unpaired) electrons. The molecule has 0 unspecified atom stereocenters. The van der Waals surface area contributed by atoms with Gasteiger partial charge in [-0.1, -0.05) is 17.3 Å². The van der Waals surface area contributed by atoms with Gasteiger partial charge in [0.25, 0.3) is 0 Å². The molecule has 10 heavy (non-hydrogen) atoms. The molecule has 1 saturated heterocycles. The monoisotopic (exact) mass is 144 g/mol. The van der Waals surface area contributed by atoms with Crippen LogP contribution in [-0.2, 0) is 4.84 Å². The second kappa shape index (κ2) is 3.37. The Bertz CT molecular complexity index is 161. The van der Waals surface area contributed by atoms with E-state index in [1.165, 1.54) is 5.57 Å². The van der Waals surface area contributed by atoms with Crippen molar-refractivity contribution >= 4 is 6.21 Å². The van der Waals surface area contributed by atoms with E-state index in [9.17, 15) is 0 Å². The first-order valence-corrected chi connectivity index (χ1v) is 3.29. The summed E-state index contributed by atoms with van der Waals surface area (Å²) in [6.07, 6.45) is 2.74. The molecule has 3 nitrogen and oxygen atoms in total. The van der Waals surface area contributed by atoms with Crippen LogP contribution in [0.3, 0.4) is 0 Å². The standard InChI is InChI=1S/C7H12N2O.2H2/c1-6-3-7(8-4-6)5-9-10-2;;/h5,7-8H,1,3-4H2,2H3;2*1H/b9-5+;;/t7-;;/m0../s1. The maximum atomic E-state index is 4.54. The topological polar surface area (TPSA) is 33.6 Å². The third-order valence-corrected chi connectivity index (χ3v) is 1.47. The Kier molecular flexibility index (Phi) is 2.45. The van der Waals surface area contributed by atoms with Gasteiger partial charge in [-0.15, -0.1) is 0 Å². The highest BCUT2D eigenvalue weighted by Gasteiger charge is 2.14. The van der Waals surface area contributed by atoms with Gasteiger partial charge in [0.05, 0.1) is 6.21 Å². The van der Waals surface area contributed by atoms with Gasteiger partial charge in [-0.2, -0.15) is 0 Å². The fourth-order valence-corrected chi connectivity index (χ4v) is 0.971. The van der Waals surface area contributed by atoms with Crippen LogP contribution in [0.1, 0.15) is 9.27 Å². The molecular weight excluding hydrogens is 128 g/mol. The lowest BCUT2D eigenvalue weighted by Crippen LogP contribution is -2.22. The summed E-state index contributed by atoms with van der Waals surface area (Å²) in [5.74, 6) is 0. The zero-order chi connectivity index (χ0) is 7.40. The molecule has 1 aliphatic rings. The fraction of sp³-hybridized carbons (Fsp3) is 0.571. The summed E-state index contributed by atoms with van der Waals surface area (Å²) in [5.41, 5.74) is 1.23. The Morgan fingerprint density at radius 2 is 2.80 bits per heavy atom. The van der Waals surface area contributed by atoms with E-state index in [4.69, 9.17) is 0 Å². The normalized spacial score (nSPS) is 26.1. The number of hydrogen-bond donors (Lipinski definition) is 1. The van der Waals surface area contributed by atoms with Crippen molar-refractivity contribution in [1.82, 2.24) is 5.32 Å². The Morgan fingerprint density at radius 3 is 3.30 bits per heavy atom. The lowest BCUT2D eigenvalue weighted by atomic mass is 10.2. The molecule has 60 valence electrons. The molecule has 0 saturated carbocycles. The van der Waals surface area contributed by atoms with E-state index in [-0.39, 0.29) is 2.85 Å². The Labute approximate surface area is 63.7 Å². The first-order chi connectivity index (χ1) is 4.83. The van der Waals surface area contributed by atoms with Crippen LogP contribution in [0.5, 0.6) is 0 Å². The van der Waals surface area contributed by atoms with Gasteiger partial charge in [0.1, 0.15) is 7.11 Å². The highest BCUT2D eigenvalue weighted by Crippen LogP contribution is 2.07. The summed E-state index contributed by atoms with van der Waals surface area (Å²) >= 11 is 0. The van der Waals surface area contributed by atoms with E-state index in [0.717, 1.165) is 13.0 Å². The second-order valence-electron chi connectivity index (χ2n) is 2.38. The molecule has 0 amide bonds. The van der Waals surface area contributed by atoms with Crippen molar-refractivity contribution in [1.29, 1.82) is 0 Å². The Hall–Kier alpha value is -0.830. The quantitative estimate of drug-likeness (QED) is 0.357. The smallest absolute Gasteiger partial charge is 0.106 e. The van der Waals surface area contributed by atoms with Gasteiger partial charge >= 0.3 is 0 Å². The van der Waals surface area contributed by atoms with Crippen molar-refractivity contribution in [3.05, 3.63) is 12.2 Å². The third-order valence-electron chi connectivity index (χ3n) is 1.47. The first kappa shape index (κ1) is 7.28. The van der Waals surface area contributed by atoms with Gasteiger partial charge in [0.15, 0.2) is 0 Å². The summed E-state index contributed by atoms with van der Waals surface area (Å²) in [4.78, 5) is 4.54. The SMILES string of the molecule is C=C1CN[C@H](/C=N/OC)C1.[HH].[HH]. The van der Waals surface area contributed by atoms with Crippen LogP contribution in [0, 0.1) is 0 Å². The summed E-state index contributed by atoms with van der Waals surface area (Å²) in [7, 11) is 1.54. The largest absolute Gasteiger partial charge is 0.399 e. The Balaban J connectivity index is 0. The molecule has 0 bridgehead atoms. The predicted molar refractivity (Wildman–Crippen MR) is 45.3 cm³/mol. The van der Waals surface area contributed by atoms with Crippen LogP contribution in [0.4, 0.5) is 0 Å². The van der Waals surface area contributed by atoms with Crippen molar-refractivity contribution in [3.8, 4) is 0 Å². The van der Waals surface area contributed by atoms with E-state index in [1.807, 2.05) is 0 Å². The van der Waals surface area contributed by atoms with Crippen LogP contribution in [0.2, 0.25) is 0 Å². The molecule has 3 heteroatoms. The summed E-state index contributed by atoms with van der Waals surface area (Å²) in [6, 6.07) is 0.326. The first-order valence-electron chi connectivity index (χ1n) is 3.29. The minimum Gasteiger partial charge on any atom is -0.399 e. The molecule has 1 aliphatic heterocycles. The second-order valence-corrected chi connectivity index (χ2v) is 2.38. The van der Waals surface area contributed by atoms with Gasteiger partial charge in [-0.25, -0.2) is 0 Å². The molecule has 0 spiro atoms. The van der Waals surface area contributed by atoms with Crippen LogP contribution in [-0.4, -0.2) is 25.9 Å². The molecule has 0 aliphatic carbocycles. The molecule has 1 atom stereocenters. The summed E-state index contributed by atoms with van der Waals surface area (Å²) in [6.45, 7) is 4.75. The van der Waals surface area contributed by atoms with E-state index in [1.54, 1.807) is 13.3 Å². The summed E-state index contributed by atoms with van der Waals surface area (Å²) in [5, 5.41) is 6.87. The van der Waals surface area contributed by atoms with Gasteiger partial charge in [-0.3, -0.25) is 0 Å². The zero-order valence-corrected chi connectivity index (χ0v) is 6.13. The van der Waals surface area contributed by atoms with E-state index >= 15 is 0 Å². The predicted octanol–water partition coefficient (Wildman–Crippen LogP) is 1.03. The molecular formula is C7H16N2O. The van der Waals surface area contributed by atoms with E-state index < -0.39 is 0 Å². The Morgan fingerprint density at radius 1 is 2.00 bits per heavy atom. The van der Waals surface area contributed by atoms with Gasteiger partial charge in [-0.05, 0) is 6.42 Å². The average Bonchev–Trinajstić information content (AvgIpc) is 2.31. The molecule has 1 rings (SSSR count). The number of oxime groups is 1. The average molecular weight is 144 g/mol. The lowest BCUT2D eigenvalue weighted by molar-refractivity contribution is 0.214. The van der Waals surface area contributed by atoms with Crippen molar-refractivity contribution in [3.63, 3.8) is 0 Å². The van der Waals surface area contributed by atoms with Crippen molar-refractivity contribution in [2.45, 2.75) is 12.5 Å². The van der Waals surface area contributed by atoms with Crippen LogP contribution in [0.25, 0.3) is 0 Å². The van der Waals surface area contributed by atoms with Crippen LogP contribution >= 0.6 is 0 Å². The van der Waals surface area contributed by atoms with Crippen molar-refractivity contribution < 1.29 is 7.69 Å². The van der Waals surface area contributed by atoms with Crippen LogP contribution in [0.15, 0.2) is 17.3 Å². The highest BCUT2D eigenvalue weighted by molar-refractivity contribution is 5.65. The minimum absolute atomic E-state index is 0. The fourth-order valence-electron chi connectivity index (χ4n) is 0.971. The van der Waals surface area contributed by atoms with E-state index in [2.05, 4.69) is 21.9 Å². The maximum absolute atomic E-state index is 4.54. The zero-order valence-electron chi connectivity index (χ0n) is 6.13. The molecule has 1 fully saturated rings. The highest BCUT2D eigenvalue weighted by atomic mass is 16.6. The van der Waals surface area contributed by atoms with Crippen molar-refractivity contribution in [2.75, 3.05) is 13.7 Å². The van der Waals surface area contributed by atoms with E-state index in [0.29, 0.717) is 6.04 Å². The molecule has 1 N–H and O–H groups in total. The number of rotatable bonds is 2. The lowest BCUT2D eigenvalue weighted by Gasteiger charge is -1.98. The molecule has 0 aromatic rings. The number of hydrogen-bond acceptors (Lipinski definition) is 3. The molecule has 0 aromatic heterocycles. The van der Waals surface area contributed by atoms with Gasteiger partial charge in [0, 0.05) is 15.4 Å². The number of nitrogens with one attached hydrogen (secondary N) is 1. The van der Waals surface area contributed by atoms with Crippen molar-refractivity contribution in [2.24, 2.45) is 5.16 Å². The third kappa shape index (κ3) is 1.84. The van der Waals surface area contributed by atoms with Gasteiger partial charge < -0.3 is 10.2 Å². The summed E-state index contributed by atoms with van der Waals surface area (Å²) < 4.78 is 0. The van der Waals surface area contributed by atoms with Crippen LogP contribution < -0.4 is 5.32 Å². The molecule has 1 heterocycles. The maximum Gasteiger partial charge on any atom is 0.106 e.